The Bertz CT molecular complexity index is 1660. The van der Waals surface area contributed by atoms with Gasteiger partial charge in [-0.25, -0.2) is 23.5 Å². The number of hydrogen-bond acceptors (Lipinski definition) is 7. The monoisotopic (exact) mass is 511 g/mol. The van der Waals surface area contributed by atoms with E-state index in [0.29, 0.717) is 11.3 Å². The second-order valence-corrected chi connectivity index (χ2v) is 8.68. The molecular formula is C24H23F2N7O4. The molecule has 0 aromatic carbocycles. The summed E-state index contributed by atoms with van der Waals surface area (Å²) in [7, 11) is 1.41. The lowest BCUT2D eigenvalue weighted by atomic mass is 10.0. The Balaban J connectivity index is 1.62. The number of amides is 1. The van der Waals surface area contributed by atoms with Gasteiger partial charge < -0.3 is 9.88 Å². The van der Waals surface area contributed by atoms with Gasteiger partial charge >= 0.3 is 5.69 Å². The molecule has 11 nitrogen and oxygen atoms in total. The van der Waals surface area contributed by atoms with Crippen molar-refractivity contribution in [2.75, 3.05) is 5.32 Å². The topological polar surface area (TPSA) is 134 Å². The summed E-state index contributed by atoms with van der Waals surface area (Å²) in [5, 5.41) is 2.60. The largest absolute Gasteiger partial charge is 0.332 e. The first kappa shape index (κ1) is 25.5. The van der Waals surface area contributed by atoms with Crippen LogP contribution in [0.1, 0.15) is 25.1 Å². The van der Waals surface area contributed by atoms with Crippen molar-refractivity contribution in [3.63, 3.8) is 0 Å². The predicted molar refractivity (Wildman–Crippen MR) is 130 cm³/mol. The molecule has 0 spiro atoms. The van der Waals surface area contributed by atoms with Gasteiger partial charge in [-0.2, -0.15) is 0 Å². The minimum Gasteiger partial charge on any atom is -0.315 e. The normalized spacial score (nSPS) is 11.6. The van der Waals surface area contributed by atoms with E-state index in [1.807, 2.05) is 0 Å². The molecule has 1 N–H and O–H groups in total. The van der Waals surface area contributed by atoms with Crippen LogP contribution in [0.3, 0.4) is 0 Å². The molecule has 0 aliphatic rings. The van der Waals surface area contributed by atoms with Crippen molar-refractivity contribution in [1.29, 1.82) is 0 Å². The Morgan fingerprint density at radius 3 is 2.54 bits per heavy atom. The van der Waals surface area contributed by atoms with E-state index >= 15 is 0 Å². The molecule has 0 saturated heterocycles. The number of ketones is 1. The zero-order valence-electron chi connectivity index (χ0n) is 20.5. The highest BCUT2D eigenvalue weighted by Gasteiger charge is 2.27. The molecule has 0 bridgehead atoms. The Kier molecular flexibility index (Phi) is 6.55. The second kappa shape index (κ2) is 9.48. The number of Topliss-reactive ketones (excluding diaryl/α,β-unsaturated/α-hetero) is 1. The molecular weight excluding hydrogens is 488 g/mol. The minimum absolute atomic E-state index is 0.0148. The molecule has 4 heterocycles. The molecule has 4 aromatic heterocycles. The van der Waals surface area contributed by atoms with E-state index in [-0.39, 0.29) is 40.6 Å². The van der Waals surface area contributed by atoms with Crippen LogP contribution in [-0.2, 0) is 35.6 Å². The van der Waals surface area contributed by atoms with Crippen LogP contribution in [0.4, 0.5) is 14.6 Å². The summed E-state index contributed by atoms with van der Waals surface area (Å²) in [4.78, 5) is 62.1. The first-order chi connectivity index (χ1) is 17.4. The van der Waals surface area contributed by atoms with E-state index in [2.05, 4.69) is 20.3 Å². The van der Waals surface area contributed by atoms with Gasteiger partial charge in [0.15, 0.2) is 11.2 Å². The van der Waals surface area contributed by atoms with Gasteiger partial charge in [0.2, 0.25) is 5.91 Å². The number of nitrogens with one attached hydrogen (secondary N) is 1. The maximum atomic E-state index is 13.9. The molecule has 0 fully saturated rings. The maximum Gasteiger partial charge on any atom is 0.332 e. The average molecular weight is 511 g/mol. The van der Waals surface area contributed by atoms with Crippen molar-refractivity contribution in [1.82, 2.24) is 28.7 Å². The van der Waals surface area contributed by atoms with Crippen molar-refractivity contribution >= 4 is 28.7 Å². The zero-order chi connectivity index (χ0) is 27.1. The van der Waals surface area contributed by atoms with Gasteiger partial charge in [0.05, 0.1) is 18.6 Å². The fourth-order valence-corrected chi connectivity index (χ4v) is 3.92. The number of imidazole rings is 1. The number of alkyl halides is 2. The Morgan fingerprint density at radius 1 is 1.14 bits per heavy atom. The molecule has 0 radical (unpaired) electrons. The van der Waals surface area contributed by atoms with E-state index in [1.165, 1.54) is 50.1 Å². The standard InChI is InChI=1S/C24H23F2N7O4/c1-13(34)10-33-22(36)20-21(31(4)23(33)37)28-12-32(20)11-19(35)30-18-7-5-6-17(29-18)15-8-16(24(3,25)26)14(2)27-9-15/h5-9,12H,10-11H2,1-4H3,(H,29,30,35). The van der Waals surface area contributed by atoms with E-state index in [1.54, 1.807) is 12.1 Å². The van der Waals surface area contributed by atoms with Gasteiger partial charge in [0.25, 0.3) is 11.5 Å². The lowest BCUT2D eigenvalue weighted by Gasteiger charge is -2.14. The highest BCUT2D eigenvalue weighted by molar-refractivity contribution is 5.90. The summed E-state index contributed by atoms with van der Waals surface area (Å²) in [6, 6.07) is 6.03. The Labute approximate surface area is 208 Å². The van der Waals surface area contributed by atoms with Crippen molar-refractivity contribution in [2.45, 2.75) is 39.8 Å². The second-order valence-electron chi connectivity index (χ2n) is 8.68. The average Bonchev–Trinajstić information content (AvgIpc) is 3.23. The molecule has 13 heteroatoms. The van der Waals surface area contributed by atoms with Crippen LogP contribution in [-0.4, -0.2) is 40.3 Å². The fourth-order valence-electron chi connectivity index (χ4n) is 3.92. The minimum atomic E-state index is -3.08. The molecule has 4 aromatic rings. The summed E-state index contributed by atoms with van der Waals surface area (Å²) >= 11 is 0. The predicted octanol–water partition coefficient (Wildman–Crippen LogP) is 2.00. The number of rotatable bonds is 7. The third-order valence-electron chi connectivity index (χ3n) is 5.67. The molecule has 0 atom stereocenters. The van der Waals surface area contributed by atoms with Gasteiger partial charge in [-0.1, -0.05) is 6.07 Å². The Hall–Kier alpha value is -4.55. The molecule has 192 valence electrons. The van der Waals surface area contributed by atoms with Crippen molar-refractivity contribution < 1.29 is 18.4 Å². The number of aromatic nitrogens is 6. The lowest BCUT2D eigenvalue weighted by molar-refractivity contribution is -0.118. The molecule has 0 aliphatic heterocycles. The van der Waals surface area contributed by atoms with Gasteiger partial charge in [-0.3, -0.25) is 28.5 Å². The SMILES string of the molecule is CC(=O)Cn1c(=O)c2c(ncn2CC(=O)Nc2cccc(-c3cnc(C)c(C(C)(F)F)c3)n2)n(C)c1=O. The molecule has 0 aliphatic carbocycles. The zero-order valence-corrected chi connectivity index (χ0v) is 20.5. The van der Waals surface area contributed by atoms with E-state index in [4.69, 9.17) is 0 Å². The molecule has 0 saturated carbocycles. The maximum absolute atomic E-state index is 13.9. The highest BCUT2D eigenvalue weighted by atomic mass is 19.3. The molecule has 1 amide bonds. The van der Waals surface area contributed by atoms with Crippen LogP contribution in [0.2, 0.25) is 0 Å². The fraction of sp³-hybridized carbons (Fsp3) is 0.292. The number of nitrogens with zero attached hydrogens (tertiary/aromatic N) is 6. The number of carbonyl (C=O) groups is 2. The number of fused-ring (bicyclic) bond motifs is 1. The van der Waals surface area contributed by atoms with E-state index < -0.39 is 29.6 Å². The number of pyridine rings is 2. The summed E-state index contributed by atoms with van der Waals surface area (Å²) < 4.78 is 31.0. The van der Waals surface area contributed by atoms with Crippen LogP contribution >= 0.6 is 0 Å². The van der Waals surface area contributed by atoms with E-state index in [0.717, 1.165) is 16.1 Å². The smallest absolute Gasteiger partial charge is 0.315 e. The first-order valence-electron chi connectivity index (χ1n) is 11.1. The summed E-state index contributed by atoms with van der Waals surface area (Å²) in [5.74, 6) is -3.87. The number of hydrogen-bond donors (Lipinski definition) is 1. The molecule has 4 rings (SSSR count). The Morgan fingerprint density at radius 2 is 1.86 bits per heavy atom. The highest BCUT2D eigenvalue weighted by Crippen LogP contribution is 2.31. The summed E-state index contributed by atoms with van der Waals surface area (Å²) in [6.07, 6.45) is 2.67. The van der Waals surface area contributed by atoms with Crippen LogP contribution in [0.5, 0.6) is 0 Å². The van der Waals surface area contributed by atoms with Gasteiger partial charge in [-0.05, 0) is 32.0 Å². The van der Waals surface area contributed by atoms with Crippen molar-refractivity contribution in [3.8, 4) is 11.3 Å². The molecule has 37 heavy (non-hydrogen) atoms. The quantitative estimate of drug-likeness (QED) is 0.401. The summed E-state index contributed by atoms with van der Waals surface area (Å²) in [5.41, 5.74) is -0.729. The van der Waals surface area contributed by atoms with Crippen LogP contribution in [0.25, 0.3) is 22.4 Å². The lowest BCUT2D eigenvalue weighted by Crippen LogP contribution is -2.41. The molecule has 0 unspecified atom stereocenters. The van der Waals surface area contributed by atoms with Gasteiger partial charge in [0, 0.05) is 37.0 Å². The van der Waals surface area contributed by atoms with Gasteiger partial charge in [-0.15, -0.1) is 0 Å². The van der Waals surface area contributed by atoms with Crippen LogP contribution in [0, 0.1) is 6.92 Å². The third-order valence-corrected chi connectivity index (χ3v) is 5.67. The number of aryl methyl sites for hydroxylation is 2. The third kappa shape index (κ3) is 5.06. The van der Waals surface area contributed by atoms with E-state index in [9.17, 15) is 28.0 Å². The number of carbonyl (C=O) groups excluding carboxylic acids is 2. The van der Waals surface area contributed by atoms with Crippen molar-refractivity contribution in [2.24, 2.45) is 7.05 Å². The van der Waals surface area contributed by atoms with Crippen LogP contribution < -0.4 is 16.6 Å². The summed E-state index contributed by atoms with van der Waals surface area (Å²) in [6.45, 7) is 2.79. The van der Waals surface area contributed by atoms with Gasteiger partial charge in [0.1, 0.15) is 18.1 Å². The van der Waals surface area contributed by atoms with Crippen molar-refractivity contribution in [3.05, 3.63) is 68.9 Å². The van der Waals surface area contributed by atoms with Crippen LogP contribution in [0.15, 0.2) is 46.4 Å². The first-order valence-corrected chi connectivity index (χ1v) is 11.1. The number of anilines is 1. The number of halogens is 2.